The molecule has 0 atom stereocenters. The average Bonchev–Trinajstić information content (AvgIpc) is 2.59. The van der Waals surface area contributed by atoms with E-state index in [9.17, 15) is 9.59 Å². The molecule has 0 spiro atoms. The fourth-order valence-corrected chi connectivity index (χ4v) is 2.65. The Hall–Kier alpha value is -2.44. The van der Waals surface area contributed by atoms with Gasteiger partial charge in [0.2, 0.25) is 5.91 Å². The first kappa shape index (κ1) is 19.9. The van der Waals surface area contributed by atoms with E-state index < -0.39 is 0 Å². The Kier molecular flexibility index (Phi) is 7.12. The minimum atomic E-state index is -0.335. The van der Waals surface area contributed by atoms with E-state index >= 15 is 0 Å². The molecule has 136 valence electrons. The number of carbonyl (C=O) groups is 2. The van der Waals surface area contributed by atoms with Gasteiger partial charge in [-0.25, -0.2) is 0 Å². The molecule has 7 heteroatoms. The number of aryl methyl sites for hydroxylation is 1. The summed E-state index contributed by atoms with van der Waals surface area (Å²) in [6.45, 7) is 0. The van der Waals surface area contributed by atoms with Crippen molar-refractivity contribution < 1.29 is 9.59 Å². The number of rotatable bonds is 5. The number of nitrogens with one attached hydrogen (secondary N) is 2. The molecule has 0 radical (unpaired) electrons. The average molecular weight is 390 g/mol. The van der Waals surface area contributed by atoms with Gasteiger partial charge in [0, 0.05) is 36.8 Å². The molecule has 0 heterocycles. The zero-order valence-corrected chi connectivity index (χ0v) is 16.2. The Morgan fingerprint density at radius 1 is 1.12 bits per heavy atom. The van der Waals surface area contributed by atoms with Crippen molar-refractivity contribution in [3.05, 3.63) is 64.7 Å². The Morgan fingerprint density at radius 3 is 2.54 bits per heavy atom. The maximum absolute atomic E-state index is 12.2. The molecule has 5 nitrogen and oxygen atoms in total. The minimum Gasteiger partial charge on any atom is -0.349 e. The second-order valence-corrected chi connectivity index (χ2v) is 6.75. The molecule has 2 aromatic rings. The van der Waals surface area contributed by atoms with Gasteiger partial charge in [-0.15, -0.1) is 0 Å². The lowest BCUT2D eigenvalue weighted by molar-refractivity contribution is -0.128. The molecular formula is C19H20ClN3O2S. The van der Waals surface area contributed by atoms with E-state index in [2.05, 4.69) is 10.6 Å². The van der Waals surface area contributed by atoms with Crippen molar-refractivity contribution in [2.45, 2.75) is 12.8 Å². The highest BCUT2D eigenvalue weighted by Gasteiger charge is 2.09. The van der Waals surface area contributed by atoms with Crippen LogP contribution in [0.15, 0.2) is 48.5 Å². The van der Waals surface area contributed by atoms with Gasteiger partial charge in [-0.05, 0) is 54.5 Å². The zero-order valence-electron chi connectivity index (χ0n) is 14.6. The molecule has 0 aliphatic heterocycles. The number of halogens is 1. The summed E-state index contributed by atoms with van der Waals surface area (Å²) in [5.74, 6) is -0.259. The van der Waals surface area contributed by atoms with E-state index in [1.54, 1.807) is 43.3 Å². The SMILES string of the molecule is CN(C)C(=O)CCc1cccc(NC(=S)NC(=O)c2cccc(Cl)c2)c1. The van der Waals surface area contributed by atoms with Crippen molar-refractivity contribution in [3.8, 4) is 0 Å². The van der Waals surface area contributed by atoms with Crippen LogP contribution in [0.4, 0.5) is 5.69 Å². The summed E-state index contributed by atoms with van der Waals surface area (Å²) in [7, 11) is 3.47. The van der Waals surface area contributed by atoms with Gasteiger partial charge in [0.05, 0.1) is 0 Å². The molecule has 0 aromatic heterocycles. The predicted molar refractivity (Wildman–Crippen MR) is 109 cm³/mol. The van der Waals surface area contributed by atoms with E-state index in [1.165, 1.54) is 0 Å². The van der Waals surface area contributed by atoms with Crippen molar-refractivity contribution in [2.75, 3.05) is 19.4 Å². The van der Waals surface area contributed by atoms with Gasteiger partial charge >= 0.3 is 0 Å². The topological polar surface area (TPSA) is 61.4 Å². The van der Waals surface area contributed by atoms with Crippen LogP contribution in [-0.4, -0.2) is 35.9 Å². The lowest BCUT2D eigenvalue weighted by Gasteiger charge is -2.12. The first-order chi connectivity index (χ1) is 12.3. The standard InChI is InChI=1S/C19H20ClN3O2S/c1-23(2)17(24)10-9-13-5-3-8-16(11-13)21-19(26)22-18(25)14-6-4-7-15(20)12-14/h3-8,11-12H,9-10H2,1-2H3,(H2,21,22,25,26). The van der Waals surface area contributed by atoms with Crippen LogP contribution in [0.1, 0.15) is 22.3 Å². The highest BCUT2D eigenvalue weighted by Crippen LogP contribution is 2.13. The zero-order chi connectivity index (χ0) is 19.1. The van der Waals surface area contributed by atoms with Crippen LogP contribution in [-0.2, 0) is 11.2 Å². The quantitative estimate of drug-likeness (QED) is 0.768. The fraction of sp³-hybridized carbons (Fsp3) is 0.211. The summed E-state index contributed by atoms with van der Waals surface area (Å²) in [4.78, 5) is 25.4. The molecule has 2 amide bonds. The number of hydrogen-bond acceptors (Lipinski definition) is 3. The van der Waals surface area contributed by atoms with Gasteiger partial charge in [-0.2, -0.15) is 0 Å². The summed E-state index contributed by atoms with van der Waals surface area (Å²) < 4.78 is 0. The number of hydrogen-bond donors (Lipinski definition) is 2. The van der Waals surface area contributed by atoms with Crippen LogP contribution >= 0.6 is 23.8 Å². The van der Waals surface area contributed by atoms with E-state index in [1.807, 2.05) is 24.3 Å². The third kappa shape index (κ3) is 6.13. The molecule has 2 rings (SSSR count). The molecule has 0 unspecified atom stereocenters. The molecule has 2 aromatic carbocycles. The van der Waals surface area contributed by atoms with Crippen LogP contribution in [0.3, 0.4) is 0 Å². The highest BCUT2D eigenvalue weighted by molar-refractivity contribution is 7.80. The van der Waals surface area contributed by atoms with E-state index in [4.69, 9.17) is 23.8 Å². The normalized spacial score (nSPS) is 10.1. The van der Waals surface area contributed by atoms with Crippen molar-refractivity contribution >= 4 is 46.4 Å². The van der Waals surface area contributed by atoms with Crippen molar-refractivity contribution in [2.24, 2.45) is 0 Å². The van der Waals surface area contributed by atoms with Gasteiger partial charge in [-0.3, -0.25) is 14.9 Å². The molecule has 0 saturated heterocycles. The highest BCUT2D eigenvalue weighted by atomic mass is 35.5. The number of anilines is 1. The van der Waals surface area contributed by atoms with Gasteiger partial charge in [0.1, 0.15) is 0 Å². The Balaban J connectivity index is 1.93. The van der Waals surface area contributed by atoms with Gasteiger partial charge in [0.15, 0.2) is 5.11 Å². The lowest BCUT2D eigenvalue weighted by Crippen LogP contribution is -2.34. The summed E-state index contributed by atoms with van der Waals surface area (Å²) in [5.41, 5.74) is 2.18. The predicted octanol–water partition coefficient (Wildman–Crippen LogP) is 3.49. The van der Waals surface area contributed by atoms with E-state index in [-0.39, 0.29) is 16.9 Å². The van der Waals surface area contributed by atoms with Crippen LogP contribution in [0.25, 0.3) is 0 Å². The second kappa shape index (κ2) is 9.31. The fourth-order valence-electron chi connectivity index (χ4n) is 2.25. The van der Waals surface area contributed by atoms with Gasteiger partial charge in [-0.1, -0.05) is 29.8 Å². The molecule has 2 N–H and O–H groups in total. The lowest BCUT2D eigenvalue weighted by atomic mass is 10.1. The van der Waals surface area contributed by atoms with Crippen LogP contribution in [0, 0.1) is 0 Å². The van der Waals surface area contributed by atoms with Crippen LogP contribution in [0.2, 0.25) is 5.02 Å². The van der Waals surface area contributed by atoms with Crippen molar-refractivity contribution in [1.29, 1.82) is 0 Å². The largest absolute Gasteiger partial charge is 0.349 e. The molecule has 0 aliphatic carbocycles. The van der Waals surface area contributed by atoms with Crippen LogP contribution in [0.5, 0.6) is 0 Å². The Bertz CT molecular complexity index is 824. The Labute approximate surface area is 163 Å². The summed E-state index contributed by atoms with van der Waals surface area (Å²) in [5, 5.41) is 6.27. The number of thiocarbonyl (C=S) groups is 1. The monoisotopic (exact) mass is 389 g/mol. The van der Waals surface area contributed by atoms with Crippen molar-refractivity contribution in [3.63, 3.8) is 0 Å². The molecule has 0 fully saturated rings. The summed E-state index contributed by atoms with van der Waals surface area (Å²) >= 11 is 11.1. The smallest absolute Gasteiger partial charge is 0.257 e. The first-order valence-corrected chi connectivity index (χ1v) is 8.81. The third-order valence-electron chi connectivity index (χ3n) is 3.63. The second-order valence-electron chi connectivity index (χ2n) is 5.91. The van der Waals surface area contributed by atoms with Crippen molar-refractivity contribution in [1.82, 2.24) is 10.2 Å². The number of carbonyl (C=O) groups excluding carboxylic acids is 2. The molecule has 0 bridgehead atoms. The Morgan fingerprint density at radius 2 is 1.85 bits per heavy atom. The number of nitrogens with zero attached hydrogens (tertiary/aromatic N) is 1. The minimum absolute atomic E-state index is 0.0765. The molecule has 0 saturated carbocycles. The summed E-state index contributed by atoms with van der Waals surface area (Å²) in [6, 6.07) is 14.2. The molecular weight excluding hydrogens is 370 g/mol. The third-order valence-corrected chi connectivity index (χ3v) is 4.06. The molecule has 0 aliphatic rings. The summed E-state index contributed by atoms with van der Waals surface area (Å²) in [6.07, 6.45) is 1.07. The number of benzene rings is 2. The maximum Gasteiger partial charge on any atom is 0.257 e. The van der Waals surface area contributed by atoms with E-state index in [0.29, 0.717) is 23.4 Å². The molecule has 26 heavy (non-hydrogen) atoms. The van der Waals surface area contributed by atoms with E-state index in [0.717, 1.165) is 11.3 Å². The number of amides is 2. The maximum atomic E-state index is 12.2. The van der Waals surface area contributed by atoms with Gasteiger partial charge < -0.3 is 10.2 Å². The van der Waals surface area contributed by atoms with Gasteiger partial charge in [0.25, 0.3) is 5.91 Å². The first-order valence-electron chi connectivity index (χ1n) is 8.02. The van der Waals surface area contributed by atoms with Crippen LogP contribution < -0.4 is 10.6 Å².